The first-order valence-electron chi connectivity index (χ1n) is 4.83. The lowest BCUT2D eigenvalue weighted by Crippen LogP contribution is -2.10. The zero-order chi connectivity index (χ0) is 10.8. The van der Waals surface area contributed by atoms with Crippen LogP contribution in [0.5, 0.6) is 0 Å². The van der Waals surface area contributed by atoms with Crippen LogP contribution in [-0.4, -0.2) is 21.8 Å². The summed E-state index contributed by atoms with van der Waals surface area (Å²) in [5.74, 6) is 0. The van der Waals surface area contributed by atoms with Crippen LogP contribution >= 0.6 is 11.3 Å². The molecule has 0 spiro atoms. The second-order valence-electron chi connectivity index (χ2n) is 3.45. The fourth-order valence-electron chi connectivity index (χ4n) is 1.28. The van der Waals surface area contributed by atoms with Crippen molar-refractivity contribution in [3.8, 4) is 10.7 Å². The van der Waals surface area contributed by atoms with Crippen LogP contribution in [0.4, 0.5) is 0 Å². The highest BCUT2D eigenvalue weighted by atomic mass is 32.1. The molecule has 1 atom stereocenters. The highest BCUT2D eigenvalue weighted by Crippen LogP contribution is 2.27. The molecule has 0 bridgehead atoms. The number of nitrogens with one attached hydrogen (secondary N) is 1. The molecule has 0 aliphatic rings. The summed E-state index contributed by atoms with van der Waals surface area (Å²) in [6.45, 7) is 2.12. The third-order valence-corrected chi connectivity index (χ3v) is 3.52. The molecule has 2 heterocycles. The number of rotatable bonds is 3. The minimum Gasteiger partial charge on any atom is -0.312 e. The van der Waals surface area contributed by atoms with Gasteiger partial charge in [-0.3, -0.25) is 4.68 Å². The van der Waals surface area contributed by atoms with Gasteiger partial charge in [0.05, 0.1) is 0 Å². The summed E-state index contributed by atoms with van der Waals surface area (Å²) in [5.41, 5.74) is 0.942. The molecule has 2 rings (SSSR count). The van der Waals surface area contributed by atoms with E-state index in [-0.39, 0.29) is 0 Å². The molecular formula is C10H14N4S. The molecule has 80 valence electrons. The molecule has 0 saturated heterocycles. The summed E-state index contributed by atoms with van der Waals surface area (Å²) in [4.78, 5) is 5.61. The maximum Gasteiger partial charge on any atom is 0.143 e. The van der Waals surface area contributed by atoms with E-state index in [1.807, 2.05) is 32.6 Å². The molecule has 0 aliphatic heterocycles. The van der Waals surface area contributed by atoms with Crippen LogP contribution in [0.3, 0.4) is 0 Å². The summed E-state index contributed by atoms with van der Waals surface area (Å²) < 4.78 is 1.79. The summed E-state index contributed by atoms with van der Waals surface area (Å²) in [7, 11) is 3.86. The standard InChI is InChI=1S/C10H14N4S/c1-7(11-2)9-6-12-10(15-9)8-4-5-14(3)13-8/h4-7,11H,1-3H3. The van der Waals surface area contributed by atoms with E-state index in [1.165, 1.54) is 4.88 Å². The number of hydrogen-bond acceptors (Lipinski definition) is 4. The second kappa shape index (κ2) is 4.12. The summed E-state index contributed by atoms with van der Waals surface area (Å²) in [6, 6.07) is 2.33. The van der Waals surface area contributed by atoms with Crippen molar-refractivity contribution < 1.29 is 0 Å². The molecule has 0 saturated carbocycles. The molecule has 5 heteroatoms. The maximum atomic E-state index is 4.37. The van der Waals surface area contributed by atoms with Crippen molar-refractivity contribution in [3.63, 3.8) is 0 Å². The van der Waals surface area contributed by atoms with Crippen LogP contribution in [0.1, 0.15) is 17.8 Å². The molecule has 0 aromatic carbocycles. The van der Waals surface area contributed by atoms with Gasteiger partial charge in [-0.1, -0.05) is 0 Å². The van der Waals surface area contributed by atoms with Crippen molar-refractivity contribution in [3.05, 3.63) is 23.3 Å². The van der Waals surface area contributed by atoms with Gasteiger partial charge in [-0.25, -0.2) is 4.98 Å². The van der Waals surface area contributed by atoms with E-state index < -0.39 is 0 Å². The molecule has 4 nitrogen and oxygen atoms in total. The topological polar surface area (TPSA) is 42.7 Å². The molecule has 1 N–H and O–H groups in total. The molecule has 2 aromatic heterocycles. The van der Waals surface area contributed by atoms with E-state index in [4.69, 9.17) is 0 Å². The Balaban J connectivity index is 2.27. The minimum atomic E-state index is 0.347. The molecule has 2 aromatic rings. The van der Waals surface area contributed by atoms with Gasteiger partial charge in [0.1, 0.15) is 10.7 Å². The molecule has 15 heavy (non-hydrogen) atoms. The van der Waals surface area contributed by atoms with Gasteiger partial charge in [-0.2, -0.15) is 5.10 Å². The zero-order valence-electron chi connectivity index (χ0n) is 9.06. The van der Waals surface area contributed by atoms with Gasteiger partial charge in [-0.05, 0) is 20.0 Å². The lowest BCUT2D eigenvalue weighted by Gasteiger charge is -2.04. The third kappa shape index (κ3) is 2.08. The Labute approximate surface area is 93.0 Å². The highest BCUT2D eigenvalue weighted by molar-refractivity contribution is 7.15. The SMILES string of the molecule is CNC(C)c1cnc(-c2ccn(C)n2)s1. The van der Waals surface area contributed by atoms with E-state index in [0.29, 0.717) is 6.04 Å². The van der Waals surface area contributed by atoms with E-state index in [9.17, 15) is 0 Å². The summed E-state index contributed by atoms with van der Waals surface area (Å²) in [6.07, 6.45) is 3.84. The average molecular weight is 222 g/mol. The minimum absolute atomic E-state index is 0.347. The monoisotopic (exact) mass is 222 g/mol. The van der Waals surface area contributed by atoms with Crippen molar-refractivity contribution in [1.29, 1.82) is 0 Å². The second-order valence-corrected chi connectivity index (χ2v) is 4.52. The molecular weight excluding hydrogens is 208 g/mol. The van der Waals surface area contributed by atoms with Gasteiger partial charge in [0.25, 0.3) is 0 Å². The van der Waals surface area contributed by atoms with Crippen LogP contribution in [0, 0.1) is 0 Å². The Hall–Kier alpha value is -1.20. The van der Waals surface area contributed by atoms with Crippen LogP contribution in [-0.2, 0) is 7.05 Å². The number of aromatic nitrogens is 3. The van der Waals surface area contributed by atoms with Gasteiger partial charge in [0.15, 0.2) is 0 Å². The van der Waals surface area contributed by atoms with Gasteiger partial charge in [0.2, 0.25) is 0 Å². The molecule has 0 radical (unpaired) electrons. The Morgan fingerprint density at radius 1 is 1.53 bits per heavy atom. The third-order valence-electron chi connectivity index (χ3n) is 2.32. The van der Waals surface area contributed by atoms with Gasteiger partial charge in [0, 0.05) is 30.4 Å². The fourth-order valence-corrected chi connectivity index (χ4v) is 2.22. The van der Waals surface area contributed by atoms with Crippen molar-refractivity contribution in [2.75, 3.05) is 7.05 Å². The fraction of sp³-hybridized carbons (Fsp3) is 0.400. The van der Waals surface area contributed by atoms with Crippen molar-refractivity contribution in [2.45, 2.75) is 13.0 Å². The first kappa shape index (κ1) is 10.3. The van der Waals surface area contributed by atoms with Gasteiger partial charge < -0.3 is 5.32 Å². The molecule has 0 amide bonds. The van der Waals surface area contributed by atoms with Crippen molar-refractivity contribution in [2.24, 2.45) is 7.05 Å². The van der Waals surface area contributed by atoms with E-state index >= 15 is 0 Å². The molecule has 0 aliphatic carbocycles. The van der Waals surface area contributed by atoms with Crippen molar-refractivity contribution in [1.82, 2.24) is 20.1 Å². The highest BCUT2D eigenvalue weighted by Gasteiger charge is 2.10. The maximum absolute atomic E-state index is 4.37. The number of aryl methyl sites for hydroxylation is 1. The van der Waals surface area contributed by atoms with Crippen LogP contribution in [0.2, 0.25) is 0 Å². The quantitative estimate of drug-likeness (QED) is 0.861. The van der Waals surface area contributed by atoms with E-state index in [2.05, 4.69) is 22.3 Å². The first-order valence-corrected chi connectivity index (χ1v) is 5.65. The number of hydrogen-bond donors (Lipinski definition) is 1. The Morgan fingerprint density at radius 3 is 2.93 bits per heavy atom. The van der Waals surface area contributed by atoms with Gasteiger partial charge >= 0.3 is 0 Å². The summed E-state index contributed by atoms with van der Waals surface area (Å²) in [5, 5.41) is 8.50. The van der Waals surface area contributed by atoms with Crippen LogP contribution < -0.4 is 5.32 Å². The Morgan fingerprint density at radius 2 is 2.33 bits per heavy atom. The zero-order valence-corrected chi connectivity index (χ0v) is 9.88. The number of thiazole rings is 1. The average Bonchev–Trinajstić information content (AvgIpc) is 2.84. The van der Waals surface area contributed by atoms with E-state index in [0.717, 1.165) is 10.7 Å². The largest absolute Gasteiger partial charge is 0.312 e. The van der Waals surface area contributed by atoms with Gasteiger partial charge in [-0.15, -0.1) is 11.3 Å². The first-order chi connectivity index (χ1) is 7.20. The van der Waals surface area contributed by atoms with Crippen LogP contribution in [0.15, 0.2) is 18.5 Å². The Kier molecular flexibility index (Phi) is 2.83. The van der Waals surface area contributed by atoms with E-state index in [1.54, 1.807) is 16.0 Å². The van der Waals surface area contributed by atoms with Crippen molar-refractivity contribution >= 4 is 11.3 Å². The lowest BCUT2D eigenvalue weighted by molar-refractivity contribution is 0.662. The van der Waals surface area contributed by atoms with Crippen LogP contribution in [0.25, 0.3) is 10.7 Å². The number of nitrogens with zero attached hydrogens (tertiary/aromatic N) is 3. The summed E-state index contributed by atoms with van der Waals surface area (Å²) >= 11 is 1.68. The molecule has 0 fully saturated rings. The normalized spacial score (nSPS) is 13.0. The Bertz CT molecular complexity index is 446. The smallest absolute Gasteiger partial charge is 0.143 e. The molecule has 1 unspecified atom stereocenters. The predicted octanol–water partition coefficient (Wildman–Crippen LogP) is 1.82. The predicted molar refractivity (Wildman–Crippen MR) is 61.8 cm³/mol. The lowest BCUT2D eigenvalue weighted by atomic mass is 10.3.